The van der Waals surface area contributed by atoms with Gasteiger partial charge in [0, 0.05) is 22.8 Å². The van der Waals surface area contributed by atoms with Crippen LogP contribution in [0.3, 0.4) is 0 Å². The van der Waals surface area contributed by atoms with E-state index in [0.717, 1.165) is 16.8 Å². The summed E-state index contributed by atoms with van der Waals surface area (Å²) in [4.78, 5) is 14.2. The molecular formula is C20H18ClN3O3. The Kier molecular flexibility index (Phi) is 4.81. The van der Waals surface area contributed by atoms with Crippen LogP contribution in [0.15, 0.2) is 52.9 Å². The molecular weight excluding hydrogens is 366 g/mol. The summed E-state index contributed by atoms with van der Waals surface area (Å²) in [5.74, 6) is 0.533. The van der Waals surface area contributed by atoms with Gasteiger partial charge in [-0.15, -0.1) is 10.2 Å². The van der Waals surface area contributed by atoms with Gasteiger partial charge in [-0.25, -0.2) is 0 Å². The average Bonchev–Trinajstić information content (AvgIpc) is 3.17. The third kappa shape index (κ3) is 3.53. The summed E-state index contributed by atoms with van der Waals surface area (Å²) in [6.07, 6.45) is 0.682. The van der Waals surface area contributed by atoms with Crippen molar-refractivity contribution in [2.24, 2.45) is 0 Å². The third-order valence-electron chi connectivity index (χ3n) is 4.71. The predicted molar refractivity (Wildman–Crippen MR) is 102 cm³/mol. The SMILES string of the molecule is COC(=O)[C@H]1CCN(Cc2nnc(-c3ccc(Cl)cc3)o2)c2ccccc21. The second-order valence-corrected chi connectivity index (χ2v) is 6.79. The normalized spacial score (nSPS) is 16.1. The van der Waals surface area contributed by atoms with Crippen LogP contribution in [0, 0.1) is 0 Å². The maximum atomic E-state index is 12.1. The van der Waals surface area contributed by atoms with Crippen molar-refractivity contribution in [2.75, 3.05) is 18.6 Å². The van der Waals surface area contributed by atoms with Crippen molar-refractivity contribution in [2.45, 2.75) is 18.9 Å². The van der Waals surface area contributed by atoms with E-state index < -0.39 is 0 Å². The topological polar surface area (TPSA) is 68.5 Å². The molecule has 3 aromatic rings. The molecule has 0 spiro atoms. The van der Waals surface area contributed by atoms with Gasteiger partial charge < -0.3 is 14.1 Å². The van der Waals surface area contributed by atoms with Gasteiger partial charge in [-0.3, -0.25) is 4.79 Å². The highest BCUT2D eigenvalue weighted by Crippen LogP contribution is 2.36. The second-order valence-electron chi connectivity index (χ2n) is 6.35. The van der Waals surface area contributed by atoms with E-state index in [2.05, 4.69) is 15.1 Å². The molecule has 0 N–H and O–H groups in total. The van der Waals surface area contributed by atoms with Gasteiger partial charge in [-0.2, -0.15) is 0 Å². The Labute approximate surface area is 161 Å². The van der Waals surface area contributed by atoms with Crippen LogP contribution >= 0.6 is 11.6 Å². The van der Waals surface area contributed by atoms with Crippen molar-refractivity contribution in [3.05, 3.63) is 65.0 Å². The van der Waals surface area contributed by atoms with Crippen molar-refractivity contribution in [3.8, 4) is 11.5 Å². The number of rotatable bonds is 4. The number of ether oxygens (including phenoxy) is 1. The molecule has 6 nitrogen and oxygen atoms in total. The number of hydrogen-bond acceptors (Lipinski definition) is 6. The average molecular weight is 384 g/mol. The van der Waals surface area contributed by atoms with Crippen LogP contribution < -0.4 is 4.90 Å². The maximum Gasteiger partial charge on any atom is 0.313 e. The number of aromatic nitrogens is 2. The molecule has 1 aliphatic heterocycles. The van der Waals surface area contributed by atoms with Crippen LogP contribution in [-0.2, 0) is 16.1 Å². The van der Waals surface area contributed by atoms with E-state index in [9.17, 15) is 4.79 Å². The number of anilines is 1. The van der Waals surface area contributed by atoms with Crippen molar-refractivity contribution in [1.82, 2.24) is 10.2 Å². The molecule has 27 heavy (non-hydrogen) atoms. The lowest BCUT2D eigenvalue weighted by Crippen LogP contribution is -2.33. The fraction of sp³-hybridized carbons (Fsp3) is 0.250. The summed E-state index contributed by atoms with van der Waals surface area (Å²) in [5.41, 5.74) is 2.78. The molecule has 4 rings (SSSR count). The first-order valence-corrected chi connectivity index (χ1v) is 9.03. The van der Waals surface area contributed by atoms with Crippen LogP contribution in [0.4, 0.5) is 5.69 Å². The molecule has 0 radical (unpaired) electrons. The summed E-state index contributed by atoms with van der Waals surface area (Å²) in [6, 6.07) is 15.1. The molecule has 0 unspecified atom stereocenters. The predicted octanol–water partition coefficient (Wildman–Crippen LogP) is 4.06. The Balaban J connectivity index is 1.56. The highest BCUT2D eigenvalue weighted by molar-refractivity contribution is 6.30. The zero-order valence-corrected chi connectivity index (χ0v) is 15.5. The van der Waals surface area contributed by atoms with Gasteiger partial charge in [0.15, 0.2) is 0 Å². The van der Waals surface area contributed by atoms with Gasteiger partial charge in [0.1, 0.15) is 0 Å². The van der Waals surface area contributed by atoms with Crippen molar-refractivity contribution < 1.29 is 13.9 Å². The van der Waals surface area contributed by atoms with Crippen molar-refractivity contribution in [1.29, 1.82) is 0 Å². The molecule has 0 saturated carbocycles. The monoisotopic (exact) mass is 383 g/mol. The summed E-state index contributed by atoms with van der Waals surface area (Å²) in [7, 11) is 1.42. The number of nitrogens with zero attached hydrogens (tertiary/aromatic N) is 3. The van der Waals surface area contributed by atoms with Gasteiger partial charge in [0.2, 0.25) is 11.8 Å². The number of fused-ring (bicyclic) bond motifs is 1. The number of esters is 1. The van der Waals surface area contributed by atoms with Crippen molar-refractivity contribution >= 4 is 23.3 Å². The molecule has 0 aliphatic carbocycles. The lowest BCUT2D eigenvalue weighted by Gasteiger charge is -2.33. The van der Waals surface area contributed by atoms with Gasteiger partial charge in [-0.1, -0.05) is 29.8 Å². The van der Waals surface area contributed by atoms with Gasteiger partial charge in [0.05, 0.1) is 19.6 Å². The first-order chi connectivity index (χ1) is 13.2. The minimum Gasteiger partial charge on any atom is -0.469 e. The highest BCUT2D eigenvalue weighted by Gasteiger charge is 2.31. The molecule has 7 heteroatoms. The van der Waals surface area contributed by atoms with Crippen LogP contribution in [0.5, 0.6) is 0 Å². The fourth-order valence-electron chi connectivity index (χ4n) is 3.37. The first-order valence-electron chi connectivity index (χ1n) is 8.65. The molecule has 0 amide bonds. The number of carbonyl (C=O) groups excluding carboxylic acids is 1. The zero-order valence-electron chi connectivity index (χ0n) is 14.8. The summed E-state index contributed by atoms with van der Waals surface area (Å²) >= 11 is 5.92. The van der Waals surface area contributed by atoms with E-state index >= 15 is 0 Å². The zero-order chi connectivity index (χ0) is 18.8. The fourth-order valence-corrected chi connectivity index (χ4v) is 3.50. The molecule has 0 fully saturated rings. The van der Waals surface area contributed by atoms with Crippen LogP contribution in [0.2, 0.25) is 5.02 Å². The largest absolute Gasteiger partial charge is 0.469 e. The standard InChI is InChI=1S/C20H18ClN3O3/c1-26-20(25)16-10-11-24(17-5-3-2-4-15(16)17)12-18-22-23-19(27-18)13-6-8-14(21)9-7-13/h2-9,16H,10-12H2,1H3/t16-/m0/s1. The highest BCUT2D eigenvalue weighted by atomic mass is 35.5. The van der Waals surface area contributed by atoms with Gasteiger partial charge in [-0.05, 0) is 42.3 Å². The molecule has 138 valence electrons. The molecule has 0 bridgehead atoms. The summed E-state index contributed by atoms with van der Waals surface area (Å²) < 4.78 is 10.8. The first kappa shape index (κ1) is 17.5. The molecule has 1 aromatic heterocycles. The minimum absolute atomic E-state index is 0.204. The van der Waals surface area contributed by atoms with E-state index in [0.29, 0.717) is 36.3 Å². The molecule has 1 atom stereocenters. The third-order valence-corrected chi connectivity index (χ3v) is 4.96. The number of hydrogen-bond donors (Lipinski definition) is 0. The van der Waals surface area contributed by atoms with Gasteiger partial charge in [0.25, 0.3) is 0 Å². The molecule has 2 heterocycles. The smallest absolute Gasteiger partial charge is 0.313 e. The Morgan fingerprint density at radius 3 is 2.78 bits per heavy atom. The Morgan fingerprint density at radius 2 is 2.00 bits per heavy atom. The Bertz CT molecular complexity index is 955. The molecule has 1 aliphatic rings. The van der Waals surface area contributed by atoms with Crippen molar-refractivity contribution in [3.63, 3.8) is 0 Å². The lowest BCUT2D eigenvalue weighted by molar-refractivity contribution is -0.142. The number of methoxy groups -OCH3 is 1. The molecule has 0 saturated heterocycles. The minimum atomic E-state index is -0.241. The van der Waals surface area contributed by atoms with E-state index in [-0.39, 0.29) is 11.9 Å². The van der Waals surface area contributed by atoms with E-state index in [4.69, 9.17) is 20.8 Å². The summed E-state index contributed by atoms with van der Waals surface area (Å²) in [5, 5.41) is 8.96. The molecule has 2 aromatic carbocycles. The van der Waals surface area contributed by atoms with Crippen LogP contribution in [-0.4, -0.2) is 29.8 Å². The number of benzene rings is 2. The van der Waals surface area contributed by atoms with Crippen LogP contribution in [0.25, 0.3) is 11.5 Å². The maximum absolute atomic E-state index is 12.1. The van der Waals surface area contributed by atoms with E-state index in [1.807, 2.05) is 36.4 Å². The van der Waals surface area contributed by atoms with Crippen LogP contribution in [0.1, 0.15) is 23.8 Å². The number of halogens is 1. The van der Waals surface area contributed by atoms with E-state index in [1.54, 1.807) is 12.1 Å². The Morgan fingerprint density at radius 1 is 1.22 bits per heavy atom. The Hall–Kier alpha value is -2.86. The number of carbonyl (C=O) groups is 1. The summed E-state index contributed by atoms with van der Waals surface area (Å²) in [6.45, 7) is 1.18. The lowest BCUT2D eigenvalue weighted by atomic mass is 9.90. The number of para-hydroxylation sites is 1. The van der Waals surface area contributed by atoms with Gasteiger partial charge >= 0.3 is 5.97 Å². The van der Waals surface area contributed by atoms with E-state index in [1.165, 1.54) is 7.11 Å². The second kappa shape index (κ2) is 7.40. The quantitative estimate of drug-likeness (QED) is 0.633.